The first-order valence-electron chi connectivity index (χ1n) is 10.0. The Kier molecular flexibility index (Phi) is 8.10. The van der Waals surface area contributed by atoms with Crippen LogP contribution in [0.5, 0.6) is 0 Å². The van der Waals surface area contributed by atoms with Gasteiger partial charge in [0.05, 0.1) is 5.92 Å². The highest BCUT2D eigenvalue weighted by Crippen LogP contribution is 2.21. The van der Waals surface area contributed by atoms with Crippen molar-refractivity contribution in [3.63, 3.8) is 0 Å². The summed E-state index contributed by atoms with van der Waals surface area (Å²) < 4.78 is 0. The number of ketones is 1. The van der Waals surface area contributed by atoms with E-state index in [0.717, 1.165) is 24.8 Å². The van der Waals surface area contributed by atoms with E-state index in [1.165, 1.54) is 5.56 Å². The van der Waals surface area contributed by atoms with E-state index >= 15 is 0 Å². The van der Waals surface area contributed by atoms with Gasteiger partial charge in [0, 0.05) is 42.0 Å². The lowest BCUT2D eigenvalue weighted by molar-refractivity contribution is -0.131. The number of halogens is 2. The third kappa shape index (κ3) is 6.56. The number of amides is 1. The standard InChI is InChI=1S/C23H26Cl2N2O2/c24-18-8-4-16(5-9-18)2-1-3-22(28)20-14-26-15-21(20)23(29)27-13-12-17-6-10-19(25)11-7-17/h4-11,20-21,26H,1-3,12-15H2,(H,27,29)/t20-,21-/m1/s1. The molecule has 1 amide bonds. The van der Waals surface area contributed by atoms with Crippen LogP contribution in [0.1, 0.15) is 24.0 Å². The fourth-order valence-corrected chi connectivity index (χ4v) is 3.96. The number of Topliss-reactive ketones (excluding diaryl/α,β-unsaturated/α-hetero) is 1. The number of nitrogens with one attached hydrogen (secondary N) is 2. The highest BCUT2D eigenvalue weighted by molar-refractivity contribution is 6.30. The van der Waals surface area contributed by atoms with Crippen molar-refractivity contribution in [1.29, 1.82) is 0 Å². The molecule has 2 atom stereocenters. The molecule has 0 saturated carbocycles. The van der Waals surface area contributed by atoms with Crippen molar-refractivity contribution < 1.29 is 9.59 Å². The summed E-state index contributed by atoms with van der Waals surface area (Å²) in [5.41, 5.74) is 2.29. The van der Waals surface area contributed by atoms with Gasteiger partial charge in [0.2, 0.25) is 5.91 Å². The first-order chi connectivity index (χ1) is 14.0. The second-order valence-electron chi connectivity index (χ2n) is 7.49. The number of carbonyl (C=O) groups excluding carboxylic acids is 2. The summed E-state index contributed by atoms with van der Waals surface area (Å²) in [6.45, 7) is 1.68. The van der Waals surface area contributed by atoms with Crippen molar-refractivity contribution in [2.45, 2.75) is 25.7 Å². The summed E-state index contributed by atoms with van der Waals surface area (Å²) in [5.74, 6) is -0.402. The van der Waals surface area contributed by atoms with E-state index < -0.39 is 0 Å². The van der Waals surface area contributed by atoms with Gasteiger partial charge in [-0.15, -0.1) is 0 Å². The van der Waals surface area contributed by atoms with Crippen molar-refractivity contribution in [3.05, 3.63) is 69.7 Å². The van der Waals surface area contributed by atoms with Gasteiger partial charge < -0.3 is 10.6 Å². The van der Waals surface area contributed by atoms with Crippen LogP contribution in [0.25, 0.3) is 0 Å². The minimum absolute atomic E-state index is 0.0417. The Balaban J connectivity index is 1.42. The molecule has 6 heteroatoms. The number of hydrogen-bond donors (Lipinski definition) is 2. The average Bonchev–Trinajstić information content (AvgIpc) is 3.21. The third-order valence-electron chi connectivity index (χ3n) is 5.39. The molecule has 1 saturated heterocycles. The van der Waals surface area contributed by atoms with Gasteiger partial charge in [-0.25, -0.2) is 0 Å². The number of benzene rings is 2. The van der Waals surface area contributed by atoms with Crippen molar-refractivity contribution in [1.82, 2.24) is 10.6 Å². The Morgan fingerprint density at radius 1 is 0.862 bits per heavy atom. The molecule has 1 aliphatic heterocycles. The minimum atomic E-state index is -0.289. The molecular weight excluding hydrogens is 407 g/mol. The summed E-state index contributed by atoms with van der Waals surface area (Å²) >= 11 is 11.8. The van der Waals surface area contributed by atoms with E-state index in [1.54, 1.807) is 0 Å². The molecule has 0 unspecified atom stereocenters. The zero-order chi connectivity index (χ0) is 20.6. The van der Waals surface area contributed by atoms with Crippen LogP contribution >= 0.6 is 23.2 Å². The summed E-state index contributed by atoms with van der Waals surface area (Å²) in [6, 6.07) is 15.3. The molecule has 0 aromatic heterocycles. The Labute approximate surface area is 182 Å². The lowest BCUT2D eigenvalue weighted by Crippen LogP contribution is -2.38. The van der Waals surface area contributed by atoms with Crippen LogP contribution in [0.15, 0.2) is 48.5 Å². The van der Waals surface area contributed by atoms with Gasteiger partial charge in [-0.1, -0.05) is 47.5 Å². The molecule has 0 spiro atoms. The lowest BCUT2D eigenvalue weighted by Gasteiger charge is -2.17. The quantitative estimate of drug-likeness (QED) is 0.627. The number of hydrogen-bond acceptors (Lipinski definition) is 3. The van der Waals surface area contributed by atoms with E-state index in [-0.39, 0.29) is 23.5 Å². The zero-order valence-corrected chi connectivity index (χ0v) is 17.8. The van der Waals surface area contributed by atoms with Gasteiger partial charge in [-0.3, -0.25) is 9.59 Å². The molecule has 1 aliphatic rings. The lowest BCUT2D eigenvalue weighted by atomic mass is 9.88. The molecule has 4 nitrogen and oxygen atoms in total. The van der Waals surface area contributed by atoms with Crippen LogP contribution in [0, 0.1) is 11.8 Å². The second-order valence-corrected chi connectivity index (χ2v) is 8.36. The molecule has 2 aromatic rings. The molecule has 1 heterocycles. The van der Waals surface area contributed by atoms with Gasteiger partial charge in [0.15, 0.2) is 0 Å². The minimum Gasteiger partial charge on any atom is -0.355 e. The maximum atomic E-state index is 12.7. The molecule has 0 bridgehead atoms. The normalized spacial score (nSPS) is 18.6. The van der Waals surface area contributed by atoms with Crippen LogP contribution < -0.4 is 10.6 Å². The molecule has 0 aliphatic carbocycles. The highest BCUT2D eigenvalue weighted by Gasteiger charge is 2.36. The van der Waals surface area contributed by atoms with Crippen LogP contribution in [0.4, 0.5) is 0 Å². The van der Waals surface area contributed by atoms with Gasteiger partial charge in [0.25, 0.3) is 0 Å². The van der Waals surface area contributed by atoms with Crippen molar-refractivity contribution in [2.75, 3.05) is 19.6 Å². The maximum absolute atomic E-state index is 12.7. The van der Waals surface area contributed by atoms with E-state index in [0.29, 0.717) is 36.1 Å². The molecule has 0 radical (unpaired) electrons. The fourth-order valence-electron chi connectivity index (χ4n) is 3.71. The first kappa shape index (κ1) is 21.8. The molecule has 2 aromatic carbocycles. The Bertz CT molecular complexity index is 752. The summed E-state index contributed by atoms with van der Waals surface area (Å²) in [6.07, 6.45) is 2.84. The first-order valence-corrected chi connectivity index (χ1v) is 10.8. The van der Waals surface area contributed by atoms with E-state index in [2.05, 4.69) is 10.6 Å². The summed E-state index contributed by atoms with van der Waals surface area (Å²) in [7, 11) is 0. The molecule has 154 valence electrons. The molecule has 2 N–H and O–H groups in total. The molecule has 29 heavy (non-hydrogen) atoms. The van der Waals surface area contributed by atoms with E-state index in [1.807, 2.05) is 48.5 Å². The van der Waals surface area contributed by atoms with Gasteiger partial charge in [-0.2, -0.15) is 0 Å². The van der Waals surface area contributed by atoms with Crippen molar-refractivity contribution >= 4 is 34.9 Å². The summed E-state index contributed by atoms with van der Waals surface area (Å²) in [4.78, 5) is 25.3. The summed E-state index contributed by atoms with van der Waals surface area (Å²) in [5, 5.41) is 7.60. The van der Waals surface area contributed by atoms with Crippen LogP contribution in [-0.2, 0) is 22.4 Å². The van der Waals surface area contributed by atoms with Crippen molar-refractivity contribution in [2.24, 2.45) is 11.8 Å². The van der Waals surface area contributed by atoms with Gasteiger partial charge in [-0.05, 0) is 54.7 Å². The SMILES string of the molecule is O=C(CCCc1ccc(Cl)cc1)[C@@H]1CNC[C@H]1C(=O)NCCc1ccc(Cl)cc1. The average molecular weight is 433 g/mol. The molecule has 1 fully saturated rings. The predicted molar refractivity (Wildman–Crippen MR) is 117 cm³/mol. The Morgan fingerprint density at radius 3 is 2.03 bits per heavy atom. The highest BCUT2D eigenvalue weighted by atomic mass is 35.5. The zero-order valence-electron chi connectivity index (χ0n) is 16.3. The Hall–Kier alpha value is -1.88. The number of rotatable bonds is 9. The predicted octanol–water partition coefficient (Wildman–Crippen LogP) is 4.08. The smallest absolute Gasteiger partial charge is 0.225 e. The largest absolute Gasteiger partial charge is 0.355 e. The molecular formula is C23H26Cl2N2O2. The van der Waals surface area contributed by atoms with E-state index in [4.69, 9.17) is 23.2 Å². The van der Waals surface area contributed by atoms with E-state index in [9.17, 15) is 9.59 Å². The molecule has 3 rings (SSSR count). The second kappa shape index (κ2) is 10.8. The maximum Gasteiger partial charge on any atom is 0.225 e. The Morgan fingerprint density at radius 2 is 1.41 bits per heavy atom. The topological polar surface area (TPSA) is 58.2 Å². The third-order valence-corrected chi connectivity index (χ3v) is 5.90. The van der Waals surface area contributed by atoms with Gasteiger partial charge in [0.1, 0.15) is 5.78 Å². The fraction of sp³-hybridized carbons (Fsp3) is 0.391. The van der Waals surface area contributed by atoms with Crippen LogP contribution in [-0.4, -0.2) is 31.3 Å². The van der Waals surface area contributed by atoms with Crippen LogP contribution in [0.2, 0.25) is 10.0 Å². The van der Waals surface area contributed by atoms with Crippen molar-refractivity contribution in [3.8, 4) is 0 Å². The number of carbonyl (C=O) groups is 2. The van der Waals surface area contributed by atoms with Crippen LogP contribution in [0.3, 0.4) is 0 Å². The number of aryl methyl sites for hydroxylation is 1. The van der Waals surface area contributed by atoms with Gasteiger partial charge >= 0.3 is 0 Å². The monoisotopic (exact) mass is 432 g/mol.